The number of ether oxygens (including phenoxy) is 1. The Balaban J connectivity index is 2.07. The molecule has 1 N–H and O–H groups in total. The van der Waals surface area contributed by atoms with Gasteiger partial charge in [-0.1, -0.05) is 18.2 Å². The summed E-state index contributed by atoms with van der Waals surface area (Å²) in [5.74, 6) is 0.340. The van der Waals surface area contributed by atoms with Crippen LogP contribution in [0.2, 0.25) is 0 Å². The lowest BCUT2D eigenvalue weighted by Crippen LogP contribution is -2.48. The minimum atomic E-state index is -4.47. The van der Waals surface area contributed by atoms with Gasteiger partial charge in [-0.2, -0.15) is 13.2 Å². The monoisotopic (exact) mass is 397 g/mol. The Morgan fingerprint density at radius 1 is 1.18 bits per heavy atom. The molecular weight excluding hydrogens is 375 g/mol. The third-order valence-corrected chi connectivity index (χ3v) is 4.75. The molecule has 0 radical (unpaired) electrons. The lowest BCUT2D eigenvalue weighted by atomic mass is 10.0. The number of halogens is 3. The van der Waals surface area contributed by atoms with Crippen LogP contribution in [0.25, 0.3) is 0 Å². The van der Waals surface area contributed by atoms with Crippen molar-refractivity contribution in [3.8, 4) is 0 Å². The van der Waals surface area contributed by atoms with Crippen LogP contribution in [0.1, 0.15) is 30.5 Å². The van der Waals surface area contributed by atoms with Gasteiger partial charge < -0.3 is 9.64 Å². The average Bonchev–Trinajstić information content (AvgIpc) is 2.60. The van der Waals surface area contributed by atoms with E-state index in [1.807, 2.05) is 18.7 Å². The zero-order valence-electron chi connectivity index (χ0n) is 15.8. The molecule has 1 aromatic carbocycles. The predicted molar refractivity (Wildman–Crippen MR) is 98.8 cm³/mol. The first-order valence-electron chi connectivity index (χ1n) is 8.95. The molecule has 1 fully saturated rings. The number of aromatic nitrogens is 2. The van der Waals surface area contributed by atoms with E-state index in [2.05, 4.69) is 4.98 Å². The van der Waals surface area contributed by atoms with Crippen molar-refractivity contribution in [1.82, 2.24) is 9.55 Å². The Bertz CT molecular complexity index is 971. The lowest BCUT2D eigenvalue weighted by molar-refractivity contribution is -0.137. The summed E-state index contributed by atoms with van der Waals surface area (Å²) in [5.41, 5.74) is -1.28. The van der Waals surface area contributed by atoms with Gasteiger partial charge in [0.2, 0.25) is 0 Å². The molecule has 1 saturated heterocycles. The molecular formula is C19H22F3N3O3. The van der Waals surface area contributed by atoms with Crippen LogP contribution < -0.4 is 16.1 Å². The molecule has 28 heavy (non-hydrogen) atoms. The molecule has 0 spiro atoms. The molecule has 1 aliphatic rings. The number of alkyl halides is 3. The number of H-pyrrole nitrogens is 1. The van der Waals surface area contributed by atoms with Crippen LogP contribution in [0.15, 0.2) is 33.9 Å². The number of morpholine rings is 1. The van der Waals surface area contributed by atoms with E-state index in [0.29, 0.717) is 24.5 Å². The summed E-state index contributed by atoms with van der Waals surface area (Å²) in [6.45, 7) is 4.69. The maximum absolute atomic E-state index is 13.0. The quantitative estimate of drug-likeness (QED) is 0.863. The summed E-state index contributed by atoms with van der Waals surface area (Å²) in [5, 5.41) is 0. The van der Waals surface area contributed by atoms with Crippen molar-refractivity contribution in [3.63, 3.8) is 0 Å². The van der Waals surface area contributed by atoms with Gasteiger partial charge in [0.1, 0.15) is 5.82 Å². The highest BCUT2D eigenvalue weighted by molar-refractivity contribution is 5.49. The highest BCUT2D eigenvalue weighted by Crippen LogP contribution is 2.30. The van der Waals surface area contributed by atoms with Gasteiger partial charge >= 0.3 is 11.9 Å². The Labute approximate surface area is 159 Å². The lowest BCUT2D eigenvalue weighted by Gasteiger charge is -2.37. The van der Waals surface area contributed by atoms with E-state index in [1.165, 1.54) is 19.2 Å². The van der Waals surface area contributed by atoms with Crippen LogP contribution in [0.5, 0.6) is 0 Å². The minimum Gasteiger partial charge on any atom is -0.372 e. The predicted octanol–water partition coefficient (Wildman–Crippen LogP) is 2.30. The normalized spacial score (nSPS) is 20.4. The highest BCUT2D eigenvalue weighted by atomic mass is 19.4. The van der Waals surface area contributed by atoms with E-state index in [1.54, 1.807) is 0 Å². The first kappa shape index (κ1) is 20.2. The maximum Gasteiger partial charge on any atom is 0.416 e. The fourth-order valence-corrected chi connectivity index (χ4v) is 3.51. The molecule has 0 saturated carbocycles. The van der Waals surface area contributed by atoms with Crippen molar-refractivity contribution in [1.29, 1.82) is 0 Å². The summed E-state index contributed by atoms with van der Waals surface area (Å²) in [6, 6.07) is 4.86. The Kier molecular flexibility index (Phi) is 5.38. The molecule has 0 amide bonds. The number of nitrogens with one attached hydrogen (secondary N) is 1. The van der Waals surface area contributed by atoms with Gasteiger partial charge in [0.15, 0.2) is 0 Å². The zero-order chi connectivity index (χ0) is 20.6. The van der Waals surface area contributed by atoms with Crippen molar-refractivity contribution in [2.75, 3.05) is 18.0 Å². The maximum atomic E-state index is 13.0. The number of anilines is 1. The van der Waals surface area contributed by atoms with Crippen LogP contribution in [-0.4, -0.2) is 34.8 Å². The average molecular weight is 397 g/mol. The standard InChI is InChI=1S/C19H22F3N3O3/c1-11-9-25(10-12(2)28-11)16-15(17(26)24(3)18(27)23-16)8-13-5-4-6-14(7-13)19(20,21)22/h4-7,11-12H,8-10H2,1-3H3,(H,23,27). The molecule has 0 aliphatic carbocycles. The zero-order valence-corrected chi connectivity index (χ0v) is 15.8. The highest BCUT2D eigenvalue weighted by Gasteiger charge is 2.31. The van der Waals surface area contributed by atoms with Crippen molar-refractivity contribution in [3.05, 3.63) is 61.8 Å². The van der Waals surface area contributed by atoms with Gasteiger partial charge in [0, 0.05) is 26.6 Å². The number of nitrogens with zero attached hydrogens (tertiary/aromatic N) is 2. The molecule has 2 aromatic rings. The Morgan fingerprint density at radius 2 is 1.82 bits per heavy atom. The van der Waals surface area contributed by atoms with Crippen LogP contribution in [0.4, 0.5) is 19.0 Å². The van der Waals surface area contributed by atoms with E-state index in [-0.39, 0.29) is 24.2 Å². The summed E-state index contributed by atoms with van der Waals surface area (Å²) in [6.07, 6.45) is -4.72. The second kappa shape index (κ2) is 7.46. The molecule has 1 aromatic heterocycles. The number of rotatable bonds is 3. The van der Waals surface area contributed by atoms with Gasteiger partial charge in [-0.05, 0) is 25.5 Å². The van der Waals surface area contributed by atoms with Gasteiger partial charge in [-0.25, -0.2) is 4.79 Å². The van der Waals surface area contributed by atoms with Crippen molar-refractivity contribution < 1.29 is 17.9 Å². The van der Waals surface area contributed by atoms with Crippen LogP contribution in [0.3, 0.4) is 0 Å². The van der Waals surface area contributed by atoms with Crippen molar-refractivity contribution in [2.24, 2.45) is 7.05 Å². The topological polar surface area (TPSA) is 67.3 Å². The second-order valence-electron chi connectivity index (χ2n) is 7.16. The van der Waals surface area contributed by atoms with Gasteiger partial charge in [0.05, 0.1) is 23.3 Å². The molecule has 6 nitrogen and oxygen atoms in total. The number of hydrogen-bond acceptors (Lipinski definition) is 4. The smallest absolute Gasteiger partial charge is 0.372 e. The van der Waals surface area contributed by atoms with Crippen molar-refractivity contribution >= 4 is 5.82 Å². The fourth-order valence-electron chi connectivity index (χ4n) is 3.51. The molecule has 0 bridgehead atoms. The summed E-state index contributed by atoms with van der Waals surface area (Å²) in [4.78, 5) is 29.5. The molecule has 2 atom stereocenters. The second-order valence-corrected chi connectivity index (χ2v) is 7.16. The first-order valence-corrected chi connectivity index (χ1v) is 8.95. The Hall–Kier alpha value is -2.55. The third-order valence-electron chi connectivity index (χ3n) is 4.75. The SMILES string of the molecule is CC1CN(c2[nH]c(=O)n(C)c(=O)c2Cc2cccc(C(F)(F)F)c2)CC(C)O1. The van der Waals surface area contributed by atoms with E-state index in [0.717, 1.165) is 16.7 Å². The van der Waals surface area contributed by atoms with E-state index >= 15 is 0 Å². The molecule has 2 heterocycles. The summed E-state index contributed by atoms with van der Waals surface area (Å²) >= 11 is 0. The van der Waals surface area contributed by atoms with E-state index in [9.17, 15) is 22.8 Å². The first-order chi connectivity index (χ1) is 13.1. The number of benzene rings is 1. The van der Waals surface area contributed by atoms with E-state index < -0.39 is 23.0 Å². The number of hydrogen-bond donors (Lipinski definition) is 1. The van der Waals surface area contributed by atoms with Crippen LogP contribution in [-0.2, 0) is 24.4 Å². The minimum absolute atomic E-state index is 0.0250. The fraction of sp³-hybridized carbons (Fsp3) is 0.474. The van der Waals surface area contributed by atoms with Gasteiger partial charge in [-0.3, -0.25) is 14.3 Å². The van der Waals surface area contributed by atoms with Gasteiger partial charge in [-0.15, -0.1) is 0 Å². The summed E-state index contributed by atoms with van der Waals surface area (Å²) < 4.78 is 45.7. The molecule has 3 rings (SSSR count). The Morgan fingerprint density at radius 3 is 2.43 bits per heavy atom. The van der Waals surface area contributed by atoms with E-state index in [4.69, 9.17) is 4.74 Å². The van der Waals surface area contributed by atoms with Crippen LogP contribution >= 0.6 is 0 Å². The molecule has 1 aliphatic heterocycles. The molecule has 152 valence electrons. The third kappa shape index (κ3) is 4.14. The molecule has 9 heteroatoms. The summed E-state index contributed by atoms with van der Waals surface area (Å²) in [7, 11) is 1.34. The van der Waals surface area contributed by atoms with Gasteiger partial charge in [0.25, 0.3) is 5.56 Å². The van der Waals surface area contributed by atoms with Crippen LogP contribution in [0, 0.1) is 0 Å². The van der Waals surface area contributed by atoms with Crippen molar-refractivity contribution in [2.45, 2.75) is 38.7 Å². The molecule has 2 unspecified atom stereocenters. The number of aromatic amines is 1. The largest absolute Gasteiger partial charge is 0.416 e.